The smallest absolute Gasteiger partial charge is 0.288 e. The molecule has 0 radical (unpaired) electrons. The molecule has 0 atom stereocenters. The predicted molar refractivity (Wildman–Crippen MR) is 93.2 cm³/mol. The van der Waals surface area contributed by atoms with Crippen molar-refractivity contribution in [1.29, 1.82) is 0 Å². The van der Waals surface area contributed by atoms with Gasteiger partial charge in [-0.3, -0.25) is 20.2 Å². The molecule has 0 unspecified atom stereocenters. The van der Waals surface area contributed by atoms with Gasteiger partial charge in [0.05, 0.1) is 4.92 Å². The molecule has 6 nitrogen and oxygen atoms in total. The number of anilines is 1. The summed E-state index contributed by atoms with van der Waals surface area (Å²) in [6.45, 7) is 0. The molecule has 0 fully saturated rings. The zero-order chi connectivity index (χ0) is 17.0. The van der Waals surface area contributed by atoms with Crippen LogP contribution in [0.4, 0.5) is 11.4 Å². The molecule has 1 amide bonds. The van der Waals surface area contributed by atoms with E-state index in [0.29, 0.717) is 10.7 Å². The summed E-state index contributed by atoms with van der Waals surface area (Å²) >= 11 is 16.6. The van der Waals surface area contributed by atoms with E-state index < -0.39 is 10.8 Å². The van der Waals surface area contributed by atoms with E-state index in [2.05, 4.69) is 10.6 Å². The highest BCUT2D eigenvalue weighted by molar-refractivity contribution is 7.80. The van der Waals surface area contributed by atoms with E-state index in [4.69, 9.17) is 35.4 Å². The number of nitrogens with zero attached hydrogens (tertiary/aromatic N) is 1. The summed E-state index contributed by atoms with van der Waals surface area (Å²) in [5.74, 6) is -0.593. The first-order valence-corrected chi connectivity index (χ1v) is 7.35. The summed E-state index contributed by atoms with van der Waals surface area (Å²) in [6, 6.07) is 10.5. The molecular formula is C14H9Cl2N3O3S. The van der Waals surface area contributed by atoms with Crippen LogP contribution >= 0.6 is 35.4 Å². The third-order valence-corrected chi connectivity index (χ3v) is 3.47. The standard InChI is InChI=1S/C14H9Cl2N3O3S/c15-9-2-1-3-10(7-9)17-14(23)18-13(20)8-4-5-11(16)12(6-8)19(21)22/h1-7H,(H2,17,18,20,23). The van der Waals surface area contributed by atoms with Gasteiger partial charge in [-0.05, 0) is 42.5 Å². The second-order valence-electron chi connectivity index (χ2n) is 4.34. The third-order valence-electron chi connectivity index (χ3n) is 2.71. The molecule has 2 N–H and O–H groups in total. The molecule has 2 rings (SSSR count). The van der Waals surface area contributed by atoms with Gasteiger partial charge in [0.15, 0.2) is 5.11 Å². The van der Waals surface area contributed by atoms with E-state index in [1.165, 1.54) is 12.1 Å². The minimum absolute atomic E-state index is 0.0369. The van der Waals surface area contributed by atoms with Crippen LogP contribution in [0.25, 0.3) is 0 Å². The van der Waals surface area contributed by atoms with Crippen molar-refractivity contribution in [2.45, 2.75) is 0 Å². The van der Waals surface area contributed by atoms with Gasteiger partial charge in [-0.25, -0.2) is 0 Å². The van der Waals surface area contributed by atoms with E-state index in [-0.39, 0.29) is 21.4 Å². The zero-order valence-corrected chi connectivity index (χ0v) is 13.7. The largest absolute Gasteiger partial charge is 0.332 e. The molecule has 0 saturated heterocycles. The number of carbonyl (C=O) groups is 1. The molecule has 0 aliphatic carbocycles. The predicted octanol–water partition coefficient (Wildman–Crippen LogP) is 4.03. The molecule has 0 bridgehead atoms. The molecule has 0 saturated carbocycles. The maximum absolute atomic E-state index is 12.1. The van der Waals surface area contributed by atoms with Crippen LogP contribution < -0.4 is 10.6 Å². The van der Waals surface area contributed by atoms with Gasteiger partial charge in [0, 0.05) is 22.3 Å². The van der Waals surface area contributed by atoms with Gasteiger partial charge in [0.1, 0.15) is 5.02 Å². The van der Waals surface area contributed by atoms with Crippen LogP contribution in [-0.4, -0.2) is 15.9 Å². The third kappa shape index (κ3) is 4.62. The number of nitrogens with one attached hydrogen (secondary N) is 2. The monoisotopic (exact) mass is 369 g/mol. The maximum atomic E-state index is 12.1. The zero-order valence-electron chi connectivity index (χ0n) is 11.4. The van der Waals surface area contributed by atoms with Gasteiger partial charge >= 0.3 is 0 Å². The molecule has 0 spiro atoms. The number of hydrogen-bond acceptors (Lipinski definition) is 4. The average Bonchev–Trinajstić information content (AvgIpc) is 2.47. The van der Waals surface area contributed by atoms with Crippen molar-refractivity contribution in [2.24, 2.45) is 0 Å². The number of rotatable bonds is 3. The van der Waals surface area contributed by atoms with Gasteiger partial charge in [0.25, 0.3) is 11.6 Å². The Labute approximate surface area is 146 Å². The maximum Gasteiger partial charge on any atom is 0.288 e. The highest BCUT2D eigenvalue weighted by Crippen LogP contribution is 2.25. The second kappa shape index (κ2) is 7.36. The van der Waals surface area contributed by atoms with Crippen molar-refractivity contribution >= 4 is 57.8 Å². The van der Waals surface area contributed by atoms with Crippen molar-refractivity contribution < 1.29 is 9.72 Å². The van der Waals surface area contributed by atoms with E-state index in [1.807, 2.05) is 0 Å². The lowest BCUT2D eigenvalue weighted by molar-refractivity contribution is -0.384. The number of amides is 1. The second-order valence-corrected chi connectivity index (χ2v) is 5.59. The number of halogens is 2. The Morgan fingerprint density at radius 2 is 1.91 bits per heavy atom. The topological polar surface area (TPSA) is 84.3 Å². The van der Waals surface area contributed by atoms with Gasteiger partial charge in [0.2, 0.25) is 0 Å². The minimum Gasteiger partial charge on any atom is -0.332 e. The first kappa shape index (κ1) is 17.1. The summed E-state index contributed by atoms with van der Waals surface area (Å²) in [5, 5.41) is 16.5. The van der Waals surface area contributed by atoms with Crippen molar-refractivity contribution in [3.8, 4) is 0 Å². The van der Waals surface area contributed by atoms with Crippen LogP contribution in [0.3, 0.4) is 0 Å². The van der Waals surface area contributed by atoms with Crippen molar-refractivity contribution in [3.05, 3.63) is 68.2 Å². The SMILES string of the molecule is O=C(NC(=S)Nc1cccc(Cl)c1)c1ccc(Cl)c([N+](=O)[O-])c1. The highest BCUT2D eigenvalue weighted by atomic mass is 35.5. The fourth-order valence-corrected chi connectivity index (χ4v) is 2.29. The Bertz CT molecular complexity index is 799. The lowest BCUT2D eigenvalue weighted by Gasteiger charge is -2.10. The summed E-state index contributed by atoms with van der Waals surface area (Å²) in [6.07, 6.45) is 0. The van der Waals surface area contributed by atoms with Crippen LogP contribution in [0.15, 0.2) is 42.5 Å². The van der Waals surface area contributed by atoms with E-state index >= 15 is 0 Å². The van der Waals surface area contributed by atoms with Gasteiger partial charge in [-0.2, -0.15) is 0 Å². The number of thiocarbonyl (C=S) groups is 1. The average molecular weight is 370 g/mol. The normalized spacial score (nSPS) is 10.0. The Hall–Kier alpha value is -2.22. The first-order valence-electron chi connectivity index (χ1n) is 6.18. The summed E-state index contributed by atoms with van der Waals surface area (Å²) in [7, 11) is 0. The lowest BCUT2D eigenvalue weighted by atomic mass is 10.2. The Kier molecular flexibility index (Phi) is 5.49. The number of nitro benzene ring substituents is 1. The van der Waals surface area contributed by atoms with Crippen molar-refractivity contribution in [3.63, 3.8) is 0 Å². The van der Waals surface area contributed by atoms with Crippen LogP contribution in [-0.2, 0) is 0 Å². The quantitative estimate of drug-likeness (QED) is 0.484. The summed E-state index contributed by atoms with van der Waals surface area (Å²) < 4.78 is 0. The van der Waals surface area contributed by atoms with Crippen LogP contribution in [0.2, 0.25) is 10.0 Å². The molecule has 118 valence electrons. The van der Waals surface area contributed by atoms with Crippen LogP contribution in [0.5, 0.6) is 0 Å². The Morgan fingerprint density at radius 1 is 1.17 bits per heavy atom. The number of nitro groups is 1. The van der Waals surface area contributed by atoms with Gasteiger partial charge < -0.3 is 5.32 Å². The fraction of sp³-hybridized carbons (Fsp3) is 0. The molecule has 2 aromatic carbocycles. The molecule has 0 aromatic heterocycles. The molecule has 9 heteroatoms. The highest BCUT2D eigenvalue weighted by Gasteiger charge is 2.16. The van der Waals surface area contributed by atoms with Gasteiger partial charge in [-0.1, -0.05) is 29.3 Å². The van der Waals surface area contributed by atoms with Crippen LogP contribution in [0.1, 0.15) is 10.4 Å². The van der Waals surface area contributed by atoms with Crippen LogP contribution in [0, 0.1) is 10.1 Å². The van der Waals surface area contributed by atoms with E-state index in [9.17, 15) is 14.9 Å². The van der Waals surface area contributed by atoms with Crippen molar-refractivity contribution in [2.75, 3.05) is 5.32 Å². The van der Waals surface area contributed by atoms with Gasteiger partial charge in [-0.15, -0.1) is 0 Å². The summed E-state index contributed by atoms with van der Waals surface area (Å²) in [4.78, 5) is 22.2. The van der Waals surface area contributed by atoms with E-state index in [0.717, 1.165) is 6.07 Å². The molecular weight excluding hydrogens is 361 g/mol. The first-order chi connectivity index (χ1) is 10.9. The molecule has 0 heterocycles. The van der Waals surface area contributed by atoms with E-state index in [1.54, 1.807) is 24.3 Å². The fourth-order valence-electron chi connectivity index (χ4n) is 1.70. The molecule has 2 aromatic rings. The van der Waals surface area contributed by atoms with Crippen molar-refractivity contribution in [1.82, 2.24) is 5.32 Å². The molecule has 0 aliphatic heterocycles. The number of benzene rings is 2. The summed E-state index contributed by atoms with van der Waals surface area (Å²) in [5.41, 5.74) is 0.314. The molecule has 23 heavy (non-hydrogen) atoms. The molecule has 0 aliphatic rings. The minimum atomic E-state index is -0.665. The Morgan fingerprint density at radius 3 is 2.57 bits per heavy atom. The Balaban J connectivity index is 2.08. The number of carbonyl (C=O) groups excluding carboxylic acids is 1. The lowest BCUT2D eigenvalue weighted by Crippen LogP contribution is -2.34. The number of hydrogen-bond donors (Lipinski definition) is 2.